The van der Waals surface area contributed by atoms with Gasteiger partial charge in [0.15, 0.2) is 0 Å². The summed E-state index contributed by atoms with van der Waals surface area (Å²) in [5, 5.41) is 1.14. The highest BCUT2D eigenvalue weighted by molar-refractivity contribution is 5.82. The Balaban J connectivity index is 2.16. The summed E-state index contributed by atoms with van der Waals surface area (Å²) in [6.07, 6.45) is 1.69. The minimum absolute atomic E-state index is 0.373. The molecule has 1 aromatic carbocycles. The van der Waals surface area contributed by atoms with Crippen molar-refractivity contribution in [3.63, 3.8) is 0 Å². The zero-order valence-electron chi connectivity index (χ0n) is 12.2. The molecular formula is C17H18N4. The molecule has 0 saturated heterocycles. The molecule has 4 heteroatoms. The van der Waals surface area contributed by atoms with Crippen LogP contribution >= 0.6 is 0 Å². The number of nitrogens with two attached hydrogens (primary N) is 2. The van der Waals surface area contributed by atoms with Crippen LogP contribution in [0.4, 0.5) is 5.82 Å². The Morgan fingerprint density at radius 3 is 2.57 bits per heavy atom. The molecule has 1 atom stereocenters. The van der Waals surface area contributed by atoms with Crippen LogP contribution in [-0.4, -0.2) is 9.97 Å². The lowest BCUT2D eigenvalue weighted by Gasteiger charge is -2.17. The van der Waals surface area contributed by atoms with E-state index in [1.807, 2.05) is 37.3 Å². The van der Waals surface area contributed by atoms with Crippen LogP contribution in [0.5, 0.6) is 0 Å². The summed E-state index contributed by atoms with van der Waals surface area (Å²) in [4.78, 5) is 8.83. The van der Waals surface area contributed by atoms with Gasteiger partial charge >= 0.3 is 0 Å². The summed E-state index contributed by atoms with van der Waals surface area (Å²) >= 11 is 0. The normalized spacial score (nSPS) is 12.5. The molecule has 0 bridgehead atoms. The van der Waals surface area contributed by atoms with E-state index in [4.69, 9.17) is 11.5 Å². The molecule has 4 nitrogen and oxygen atoms in total. The average Bonchev–Trinajstić information content (AvgIpc) is 2.47. The molecule has 3 rings (SSSR count). The minimum Gasteiger partial charge on any atom is -0.383 e. The zero-order chi connectivity index (χ0) is 15.0. The number of pyridine rings is 2. The van der Waals surface area contributed by atoms with E-state index in [-0.39, 0.29) is 6.04 Å². The molecule has 106 valence electrons. The molecule has 3 aromatic rings. The predicted octanol–water partition coefficient (Wildman–Crippen LogP) is 2.88. The number of fused-ring (bicyclic) bond motifs is 1. The van der Waals surface area contributed by atoms with Crippen molar-refractivity contribution >= 4 is 16.7 Å². The number of benzene rings is 1. The van der Waals surface area contributed by atoms with Crippen LogP contribution in [0, 0.1) is 13.8 Å². The van der Waals surface area contributed by atoms with Gasteiger partial charge in [-0.3, -0.25) is 4.98 Å². The van der Waals surface area contributed by atoms with E-state index in [1.54, 1.807) is 6.20 Å². The fourth-order valence-corrected chi connectivity index (χ4v) is 2.68. The van der Waals surface area contributed by atoms with Crippen molar-refractivity contribution in [1.29, 1.82) is 0 Å². The fourth-order valence-electron chi connectivity index (χ4n) is 2.68. The van der Waals surface area contributed by atoms with Crippen molar-refractivity contribution in [1.82, 2.24) is 9.97 Å². The molecule has 0 spiro atoms. The van der Waals surface area contributed by atoms with Gasteiger partial charge in [-0.1, -0.05) is 18.2 Å². The van der Waals surface area contributed by atoms with E-state index >= 15 is 0 Å². The van der Waals surface area contributed by atoms with E-state index in [0.29, 0.717) is 5.82 Å². The van der Waals surface area contributed by atoms with E-state index in [2.05, 4.69) is 23.0 Å². The van der Waals surface area contributed by atoms with E-state index in [9.17, 15) is 0 Å². The van der Waals surface area contributed by atoms with Gasteiger partial charge in [0, 0.05) is 17.1 Å². The maximum absolute atomic E-state index is 6.40. The highest BCUT2D eigenvalue weighted by atomic mass is 14.9. The first kappa shape index (κ1) is 13.5. The van der Waals surface area contributed by atoms with Gasteiger partial charge in [0.25, 0.3) is 0 Å². The molecule has 0 aliphatic rings. The van der Waals surface area contributed by atoms with Crippen molar-refractivity contribution < 1.29 is 0 Å². The summed E-state index contributed by atoms with van der Waals surface area (Å²) in [7, 11) is 0. The van der Waals surface area contributed by atoms with Gasteiger partial charge < -0.3 is 11.5 Å². The highest BCUT2D eigenvalue weighted by Gasteiger charge is 2.17. The molecule has 0 amide bonds. The first-order chi connectivity index (χ1) is 10.1. The van der Waals surface area contributed by atoms with Gasteiger partial charge in [0.05, 0.1) is 17.3 Å². The number of rotatable bonds is 2. The first-order valence-corrected chi connectivity index (χ1v) is 6.91. The van der Waals surface area contributed by atoms with Crippen molar-refractivity contribution in [3.8, 4) is 0 Å². The molecule has 0 aliphatic carbocycles. The number of hydrogen-bond donors (Lipinski definition) is 2. The molecule has 2 aromatic heterocycles. The summed E-state index contributed by atoms with van der Waals surface area (Å²) in [6, 6.07) is 11.6. The summed E-state index contributed by atoms with van der Waals surface area (Å²) in [6.45, 7) is 4.06. The van der Waals surface area contributed by atoms with Crippen molar-refractivity contribution in [3.05, 3.63) is 65.0 Å². The van der Waals surface area contributed by atoms with Crippen LogP contribution in [0.25, 0.3) is 10.9 Å². The Bertz CT molecular complexity index is 791. The quantitative estimate of drug-likeness (QED) is 0.755. The van der Waals surface area contributed by atoms with Crippen LogP contribution in [-0.2, 0) is 0 Å². The maximum atomic E-state index is 6.40. The van der Waals surface area contributed by atoms with Crippen LogP contribution in [0.3, 0.4) is 0 Å². The zero-order valence-corrected chi connectivity index (χ0v) is 12.2. The maximum Gasteiger partial charge on any atom is 0.128 e. The van der Waals surface area contributed by atoms with Crippen molar-refractivity contribution in [2.45, 2.75) is 19.9 Å². The number of nitrogens with zero attached hydrogens (tertiary/aromatic N) is 2. The van der Waals surface area contributed by atoms with Crippen LogP contribution < -0.4 is 11.5 Å². The molecule has 21 heavy (non-hydrogen) atoms. The second-order valence-corrected chi connectivity index (χ2v) is 5.29. The molecular weight excluding hydrogens is 260 g/mol. The topological polar surface area (TPSA) is 77.8 Å². The van der Waals surface area contributed by atoms with Crippen molar-refractivity contribution in [2.75, 3.05) is 5.73 Å². The average molecular weight is 278 g/mol. The van der Waals surface area contributed by atoms with Crippen molar-refractivity contribution in [2.24, 2.45) is 5.73 Å². The first-order valence-electron chi connectivity index (χ1n) is 6.91. The molecule has 0 fully saturated rings. The lowest BCUT2D eigenvalue weighted by atomic mass is 9.98. The van der Waals surface area contributed by atoms with E-state index < -0.39 is 0 Å². The van der Waals surface area contributed by atoms with Gasteiger partial charge in [-0.2, -0.15) is 0 Å². The van der Waals surface area contributed by atoms with Gasteiger partial charge in [-0.15, -0.1) is 0 Å². The van der Waals surface area contributed by atoms with Crippen LogP contribution in [0.15, 0.2) is 42.6 Å². The monoisotopic (exact) mass is 278 g/mol. The number of aromatic nitrogens is 2. The molecule has 4 N–H and O–H groups in total. The fraction of sp³-hybridized carbons (Fsp3) is 0.176. The third-order valence-corrected chi connectivity index (χ3v) is 3.81. The van der Waals surface area contributed by atoms with Gasteiger partial charge in [0.1, 0.15) is 5.82 Å². The molecule has 2 heterocycles. The smallest absolute Gasteiger partial charge is 0.128 e. The number of aryl methyl sites for hydroxylation is 2. The Labute approximate surface area is 123 Å². The highest BCUT2D eigenvalue weighted by Crippen LogP contribution is 2.28. The molecule has 0 radical (unpaired) electrons. The third-order valence-electron chi connectivity index (χ3n) is 3.81. The van der Waals surface area contributed by atoms with Gasteiger partial charge in [-0.25, -0.2) is 4.98 Å². The van der Waals surface area contributed by atoms with E-state index in [0.717, 1.165) is 33.3 Å². The number of nitrogen functional groups attached to an aromatic ring is 1. The largest absolute Gasteiger partial charge is 0.383 e. The minimum atomic E-state index is -0.373. The van der Waals surface area contributed by atoms with E-state index in [1.165, 1.54) is 0 Å². The predicted molar refractivity (Wildman–Crippen MR) is 85.9 cm³/mol. The SMILES string of the molecule is Cc1ccnc(N)c1C(N)c1cc(C)c2ccccc2n1. The summed E-state index contributed by atoms with van der Waals surface area (Å²) in [5.41, 5.74) is 17.2. The third kappa shape index (κ3) is 2.34. The Morgan fingerprint density at radius 2 is 1.81 bits per heavy atom. The molecule has 1 unspecified atom stereocenters. The number of para-hydroxylation sites is 1. The van der Waals surface area contributed by atoms with Crippen LogP contribution in [0.1, 0.15) is 28.4 Å². The Hall–Kier alpha value is -2.46. The summed E-state index contributed by atoms with van der Waals surface area (Å²) in [5.74, 6) is 0.468. The van der Waals surface area contributed by atoms with Gasteiger partial charge in [0.2, 0.25) is 0 Å². The second kappa shape index (κ2) is 5.14. The number of anilines is 1. The standard InChI is InChI=1S/C17H18N4/c1-10-7-8-20-17(19)15(10)16(18)14-9-11(2)12-5-3-4-6-13(12)21-14/h3-9,16H,18H2,1-2H3,(H2,19,20). The summed E-state index contributed by atoms with van der Waals surface area (Å²) < 4.78 is 0. The van der Waals surface area contributed by atoms with Gasteiger partial charge in [-0.05, 0) is 43.2 Å². The molecule has 0 saturated carbocycles. The number of hydrogen-bond acceptors (Lipinski definition) is 4. The molecule has 0 aliphatic heterocycles. The lowest BCUT2D eigenvalue weighted by molar-refractivity contribution is 0.823. The second-order valence-electron chi connectivity index (χ2n) is 5.29. The lowest BCUT2D eigenvalue weighted by Crippen LogP contribution is -2.17. The Kier molecular flexibility index (Phi) is 3.31. The van der Waals surface area contributed by atoms with Crippen LogP contribution in [0.2, 0.25) is 0 Å². The Morgan fingerprint density at radius 1 is 1.05 bits per heavy atom.